The van der Waals surface area contributed by atoms with Crippen LogP contribution in [-0.4, -0.2) is 43.5 Å². The van der Waals surface area contributed by atoms with Gasteiger partial charge in [-0.3, -0.25) is 10.1 Å². The fourth-order valence-electron chi connectivity index (χ4n) is 2.72. The Morgan fingerprint density at radius 3 is 2.92 bits per heavy atom. The molecule has 3 aromatic heterocycles. The molecular formula is C16H18N6O2. The Kier molecular flexibility index (Phi) is 4.28. The van der Waals surface area contributed by atoms with Gasteiger partial charge in [0.15, 0.2) is 5.82 Å². The first-order valence-corrected chi connectivity index (χ1v) is 8.10. The number of nitrogens with zero attached hydrogens (tertiary/aromatic N) is 5. The summed E-state index contributed by atoms with van der Waals surface area (Å²) in [4.78, 5) is 12.9. The quantitative estimate of drug-likeness (QED) is 0.738. The van der Waals surface area contributed by atoms with Crippen molar-refractivity contribution >= 4 is 0 Å². The second-order valence-electron chi connectivity index (χ2n) is 5.80. The van der Waals surface area contributed by atoms with Gasteiger partial charge in [0.1, 0.15) is 5.82 Å². The van der Waals surface area contributed by atoms with Crippen LogP contribution >= 0.6 is 0 Å². The van der Waals surface area contributed by atoms with E-state index in [0.717, 1.165) is 49.7 Å². The lowest BCUT2D eigenvalue weighted by Gasteiger charge is -1.99. The van der Waals surface area contributed by atoms with Gasteiger partial charge in [0.25, 0.3) is 0 Å². The van der Waals surface area contributed by atoms with Gasteiger partial charge in [-0.2, -0.15) is 10.1 Å². The predicted octanol–water partition coefficient (Wildman–Crippen LogP) is 1.93. The lowest BCUT2D eigenvalue weighted by atomic mass is 10.1. The van der Waals surface area contributed by atoms with Crippen molar-refractivity contribution in [3.05, 3.63) is 42.1 Å². The number of hydrogen-bond acceptors (Lipinski definition) is 7. The zero-order valence-electron chi connectivity index (χ0n) is 13.2. The van der Waals surface area contributed by atoms with Crippen LogP contribution in [0.15, 0.2) is 29.0 Å². The fraction of sp³-hybridized carbons (Fsp3) is 0.438. The van der Waals surface area contributed by atoms with Gasteiger partial charge >= 0.3 is 0 Å². The summed E-state index contributed by atoms with van der Waals surface area (Å²) in [5.41, 5.74) is 0.902. The van der Waals surface area contributed by atoms with Crippen LogP contribution in [0.1, 0.15) is 36.3 Å². The second kappa shape index (κ2) is 6.88. The molecule has 0 bridgehead atoms. The Morgan fingerprint density at radius 1 is 1.17 bits per heavy atom. The summed E-state index contributed by atoms with van der Waals surface area (Å²) < 4.78 is 10.7. The molecule has 1 fully saturated rings. The molecule has 8 nitrogen and oxygen atoms in total. The van der Waals surface area contributed by atoms with E-state index in [1.165, 1.54) is 0 Å². The first-order chi connectivity index (χ1) is 11.9. The maximum atomic E-state index is 5.37. The molecule has 0 aromatic carbocycles. The van der Waals surface area contributed by atoms with E-state index in [2.05, 4.69) is 30.3 Å². The standard InChI is InChI=1S/C16H18N6O2/c1(2-13-18-15(21-20-13)12-6-9-23-10-12)3-14-19-16(22-24-14)11-4-7-17-8-5-11/h4-5,7-8,12H,1-3,6,9-10H2,(H,18,20,21)/t12-/m0/s1. The van der Waals surface area contributed by atoms with Gasteiger partial charge in [-0.25, -0.2) is 4.98 Å². The van der Waals surface area contributed by atoms with Crippen molar-refractivity contribution in [2.24, 2.45) is 0 Å². The van der Waals surface area contributed by atoms with Crippen LogP contribution < -0.4 is 0 Å². The van der Waals surface area contributed by atoms with E-state index in [1.807, 2.05) is 12.1 Å². The Labute approximate surface area is 138 Å². The van der Waals surface area contributed by atoms with E-state index in [0.29, 0.717) is 24.1 Å². The normalized spacial score (nSPS) is 17.4. The number of nitrogens with one attached hydrogen (secondary N) is 1. The summed E-state index contributed by atoms with van der Waals surface area (Å²) in [6.07, 6.45) is 6.80. The lowest BCUT2D eigenvalue weighted by molar-refractivity contribution is 0.193. The van der Waals surface area contributed by atoms with E-state index in [1.54, 1.807) is 12.4 Å². The molecule has 1 N–H and O–H groups in total. The Hall–Kier alpha value is -2.61. The summed E-state index contributed by atoms with van der Waals surface area (Å²) in [6.45, 7) is 1.52. The Morgan fingerprint density at radius 2 is 2.08 bits per heavy atom. The van der Waals surface area contributed by atoms with Gasteiger partial charge < -0.3 is 9.26 Å². The van der Waals surface area contributed by atoms with Gasteiger partial charge in [0.05, 0.1) is 6.61 Å². The minimum Gasteiger partial charge on any atom is -0.381 e. The molecule has 1 aliphatic rings. The minimum absolute atomic E-state index is 0.328. The molecule has 0 aliphatic carbocycles. The largest absolute Gasteiger partial charge is 0.381 e. The molecule has 0 unspecified atom stereocenters. The molecule has 8 heteroatoms. The van der Waals surface area contributed by atoms with Crippen molar-refractivity contribution in [1.29, 1.82) is 0 Å². The lowest BCUT2D eigenvalue weighted by Crippen LogP contribution is -2.00. The topological polar surface area (TPSA) is 103 Å². The highest BCUT2D eigenvalue weighted by atomic mass is 16.5. The first kappa shape index (κ1) is 14.9. The van der Waals surface area contributed by atoms with E-state index in [9.17, 15) is 0 Å². The maximum Gasteiger partial charge on any atom is 0.226 e. The number of pyridine rings is 1. The number of aromatic nitrogens is 6. The van der Waals surface area contributed by atoms with E-state index in [-0.39, 0.29) is 0 Å². The molecule has 124 valence electrons. The smallest absolute Gasteiger partial charge is 0.226 e. The second-order valence-corrected chi connectivity index (χ2v) is 5.80. The van der Waals surface area contributed by atoms with Crippen LogP contribution in [0.2, 0.25) is 0 Å². The molecule has 4 heterocycles. The fourth-order valence-corrected chi connectivity index (χ4v) is 2.72. The van der Waals surface area contributed by atoms with Gasteiger partial charge in [-0.15, -0.1) is 0 Å². The van der Waals surface area contributed by atoms with Gasteiger partial charge in [-0.05, 0) is 25.0 Å². The van der Waals surface area contributed by atoms with E-state index >= 15 is 0 Å². The van der Waals surface area contributed by atoms with E-state index < -0.39 is 0 Å². The molecule has 0 radical (unpaired) electrons. The highest BCUT2D eigenvalue weighted by molar-refractivity contribution is 5.52. The van der Waals surface area contributed by atoms with Crippen molar-refractivity contribution < 1.29 is 9.26 Å². The molecule has 4 rings (SSSR count). The van der Waals surface area contributed by atoms with Crippen LogP contribution in [0.5, 0.6) is 0 Å². The first-order valence-electron chi connectivity index (χ1n) is 8.10. The van der Waals surface area contributed by atoms with Gasteiger partial charge in [0, 0.05) is 43.3 Å². The van der Waals surface area contributed by atoms with Crippen LogP contribution in [-0.2, 0) is 17.6 Å². The summed E-state index contributed by atoms with van der Waals surface area (Å²) >= 11 is 0. The Balaban J connectivity index is 1.31. The van der Waals surface area contributed by atoms with Gasteiger partial charge in [0.2, 0.25) is 11.7 Å². The molecule has 24 heavy (non-hydrogen) atoms. The summed E-state index contributed by atoms with van der Waals surface area (Å²) in [6, 6.07) is 3.72. The highest BCUT2D eigenvalue weighted by Crippen LogP contribution is 2.22. The molecule has 0 amide bonds. The third-order valence-corrected chi connectivity index (χ3v) is 4.05. The van der Waals surface area contributed by atoms with Crippen LogP contribution in [0.4, 0.5) is 0 Å². The minimum atomic E-state index is 0.328. The van der Waals surface area contributed by atoms with E-state index in [4.69, 9.17) is 9.26 Å². The number of aryl methyl sites for hydroxylation is 2. The zero-order valence-corrected chi connectivity index (χ0v) is 13.2. The summed E-state index contributed by atoms with van der Waals surface area (Å²) in [7, 11) is 0. The highest BCUT2D eigenvalue weighted by Gasteiger charge is 2.21. The molecule has 1 saturated heterocycles. The number of hydrogen-bond donors (Lipinski definition) is 1. The third-order valence-electron chi connectivity index (χ3n) is 4.05. The van der Waals surface area contributed by atoms with Crippen LogP contribution in [0.3, 0.4) is 0 Å². The number of rotatable bonds is 6. The number of ether oxygens (including phenoxy) is 1. The summed E-state index contributed by atoms with van der Waals surface area (Å²) in [5.74, 6) is 3.31. The molecule has 3 aromatic rings. The monoisotopic (exact) mass is 326 g/mol. The van der Waals surface area contributed by atoms with Crippen LogP contribution in [0.25, 0.3) is 11.4 Å². The zero-order chi connectivity index (χ0) is 16.2. The van der Waals surface area contributed by atoms with Crippen molar-refractivity contribution in [2.75, 3.05) is 13.2 Å². The maximum absolute atomic E-state index is 5.37. The molecule has 0 spiro atoms. The SMILES string of the molecule is c1cc(-c2noc(CCCc3nc([C@H]4CCOC4)n[nH]3)n2)ccn1. The third kappa shape index (κ3) is 3.33. The van der Waals surface area contributed by atoms with Gasteiger partial charge in [-0.1, -0.05) is 5.16 Å². The van der Waals surface area contributed by atoms with Crippen molar-refractivity contribution in [1.82, 2.24) is 30.3 Å². The van der Waals surface area contributed by atoms with Crippen LogP contribution in [0, 0.1) is 0 Å². The predicted molar refractivity (Wildman–Crippen MR) is 84.1 cm³/mol. The van der Waals surface area contributed by atoms with Crippen molar-refractivity contribution in [2.45, 2.75) is 31.6 Å². The summed E-state index contributed by atoms with van der Waals surface area (Å²) in [5, 5.41) is 11.3. The molecule has 1 atom stereocenters. The molecule has 1 aliphatic heterocycles. The van der Waals surface area contributed by atoms with Crippen molar-refractivity contribution in [3.8, 4) is 11.4 Å². The number of H-pyrrole nitrogens is 1. The molecular weight excluding hydrogens is 308 g/mol. The average Bonchev–Trinajstić information content (AvgIpc) is 3.37. The van der Waals surface area contributed by atoms with Crippen molar-refractivity contribution in [3.63, 3.8) is 0 Å². The molecule has 0 saturated carbocycles. The number of aromatic amines is 1. The Bertz CT molecular complexity index is 779. The average molecular weight is 326 g/mol.